The van der Waals surface area contributed by atoms with E-state index in [-0.39, 0.29) is 12.3 Å². The number of carbonyl (C=O) groups excluding carboxylic acids is 3. The molecule has 0 aliphatic heterocycles. The summed E-state index contributed by atoms with van der Waals surface area (Å²) in [6.45, 7) is 0. The first-order valence-electron chi connectivity index (χ1n) is 7.36. The van der Waals surface area contributed by atoms with E-state index in [1.165, 1.54) is 10.4 Å². The highest BCUT2D eigenvalue weighted by Gasteiger charge is 2.26. The maximum Gasteiger partial charge on any atom is 0.332 e. The lowest BCUT2D eigenvalue weighted by Gasteiger charge is -2.22. The van der Waals surface area contributed by atoms with Gasteiger partial charge in [0.2, 0.25) is 5.91 Å². The number of nitrogens with one attached hydrogen (secondary N) is 2. The largest absolute Gasteiger partial charge is 0.347 e. The van der Waals surface area contributed by atoms with Gasteiger partial charge in [-0.25, -0.2) is 5.48 Å². The van der Waals surface area contributed by atoms with Crippen molar-refractivity contribution < 1.29 is 19.6 Å². The van der Waals surface area contributed by atoms with Crippen LogP contribution in [-0.2, 0) is 20.8 Å². The third-order valence-corrected chi connectivity index (χ3v) is 3.66. The lowest BCUT2D eigenvalue weighted by Crippen LogP contribution is -2.51. The molecule has 0 aliphatic rings. The summed E-state index contributed by atoms with van der Waals surface area (Å²) in [6, 6.07) is 12.5. The maximum absolute atomic E-state index is 12.3. The zero-order valence-corrected chi connectivity index (χ0v) is 13.4. The highest BCUT2D eigenvalue weighted by Crippen LogP contribution is 2.20. The Labute approximate surface area is 139 Å². The number of hydroxylamine groups is 1. The van der Waals surface area contributed by atoms with E-state index < -0.39 is 17.9 Å². The molecule has 126 valence electrons. The summed E-state index contributed by atoms with van der Waals surface area (Å²) in [5.74, 6) is -2.63. The van der Waals surface area contributed by atoms with Crippen LogP contribution in [0.15, 0.2) is 42.5 Å². The Morgan fingerprint density at radius 3 is 2.38 bits per heavy atom. The zero-order chi connectivity index (χ0) is 17.7. The third-order valence-electron chi connectivity index (χ3n) is 3.66. The molecule has 7 heteroatoms. The molecule has 3 N–H and O–H groups in total. The minimum atomic E-state index is -1.22. The van der Waals surface area contributed by atoms with E-state index in [4.69, 9.17) is 5.21 Å². The average Bonchev–Trinajstić information content (AvgIpc) is 2.59. The number of benzene rings is 2. The average molecular weight is 329 g/mol. The van der Waals surface area contributed by atoms with Crippen molar-refractivity contribution >= 4 is 28.5 Å². The normalized spacial score (nSPS) is 11.6. The standard InChI is InChI=1S/C17H19N3O4/c1-20(2)17(23)14(18-15(21)16(22)19-24)10-12-8-5-7-11-6-3-4-9-13(11)12/h3-9,14,24H,10H2,1-2H3,(H,18,21)(H,19,22)/t14-/m0/s1. The van der Waals surface area contributed by atoms with E-state index in [2.05, 4.69) is 5.32 Å². The fourth-order valence-corrected chi connectivity index (χ4v) is 2.48. The maximum atomic E-state index is 12.3. The van der Waals surface area contributed by atoms with Crippen LogP contribution in [0.2, 0.25) is 0 Å². The van der Waals surface area contributed by atoms with Gasteiger partial charge in [-0.2, -0.15) is 0 Å². The van der Waals surface area contributed by atoms with E-state index in [0.717, 1.165) is 16.3 Å². The fraction of sp³-hybridized carbons (Fsp3) is 0.235. The summed E-state index contributed by atoms with van der Waals surface area (Å²) in [5, 5.41) is 12.9. The molecule has 2 aromatic rings. The summed E-state index contributed by atoms with van der Waals surface area (Å²) in [7, 11) is 3.13. The Bertz CT molecular complexity index is 768. The summed E-state index contributed by atoms with van der Waals surface area (Å²) < 4.78 is 0. The van der Waals surface area contributed by atoms with Crippen molar-refractivity contribution in [3.63, 3.8) is 0 Å². The molecule has 0 heterocycles. The molecule has 3 amide bonds. The van der Waals surface area contributed by atoms with Crippen LogP contribution < -0.4 is 10.8 Å². The number of carbonyl (C=O) groups is 3. The molecule has 24 heavy (non-hydrogen) atoms. The molecule has 0 spiro atoms. The molecule has 0 unspecified atom stereocenters. The number of fused-ring (bicyclic) bond motifs is 1. The van der Waals surface area contributed by atoms with E-state index >= 15 is 0 Å². The third kappa shape index (κ3) is 3.88. The van der Waals surface area contributed by atoms with Crippen molar-refractivity contribution in [3.05, 3.63) is 48.0 Å². The molecule has 2 rings (SSSR count). The molecule has 0 fully saturated rings. The van der Waals surface area contributed by atoms with Gasteiger partial charge in [0.25, 0.3) is 0 Å². The van der Waals surface area contributed by atoms with Gasteiger partial charge in [-0.3, -0.25) is 19.6 Å². The Balaban J connectivity index is 2.32. The van der Waals surface area contributed by atoms with Gasteiger partial charge in [0.05, 0.1) is 0 Å². The van der Waals surface area contributed by atoms with Crippen molar-refractivity contribution in [3.8, 4) is 0 Å². The van der Waals surface area contributed by atoms with Crippen molar-refractivity contribution in [2.75, 3.05) is 14.1 Å². The van der Waals surface area contributed by atoms with Gasteiger partial charge < -0.3 is 10.2 Å². The molecule has 0 aromatic heterocycles. The van der Waals surface area contributed by atoms with Gasteiger partial charge in [-0.05, 0) is 16.3 Å². The number of rotatable bonds is 4. The van der Waals surface area contributed by atoms with Crippen molar-refractivity contribution in [2.45, 2.75) is 12.5 Å². The molecule has 0 aliphatic carbocycles. The molecular weight excluding hydrogens is 310 g/mol. The van der Waals surface area contributed by atoms with Crippen LogP contribution in [0.25, 0.3) is 10.8 Å². The van der Waals surface area contributed by atoms with E-state index in [0.29, 0.717) is 0 Å². The quantitative estimate of drug-likeness (QED) is 0.431. The van der Waals surface area contributed by atoms with Gasteiger partial charge in [-0.1, -0.05) is 42.5 Å². The molecule has 2 aromatic carbocycles. The number of hydrogen-bond donors (Lipinski definition) is 3. The summed E-state index contributed by atoms with van der Waals surface area (Å²) in [5.41, 5.74) is 2.13. The van der Waals surface area contributed by atoms with Crippen LogP contribution in [0.5, 0.6) is 0 Å². The summed E-state index contributed by atoms with van der Waals surface area (Å²) >= 11 is 0. The summed E-state index contributed by atoms with van der Waals surface area (Å²) in [4.78, 5) is 36.6. The van der Waals surface area contributed by atoms with E-state index in [1.807, 2.05) is 42.5 Å². The number of amides is 3. The molecule has 0 bridgehead atoms. The zero-order valence-electron chi connectivity index (χ0n) is 13.4. The minimum absolute atomic E-state index is 0.225. The predicted octanol–water partition coefficient (Wildman–Crippen LogP) is 0.461. The Kier molecular flexibility index (Phi) is 5.49. The van der Waals surface area contributed by atoms with Crippen LogP contribution in [-0.4, -0.2) is 48.0 Å². The monoisotopic (exact) mass is 329 g/mol. The highest BCUT2D eigenvalue weighted by atomic mass is 16.5. The molecule has 0 radical (unpaired) electrons. The van der Waals surface area contributed by atoms with Gasteiger partial charge in [0, 0.05) is 20.5 Å². The predicted molar refractivity (Wildman–Crippen MR) is 88.2 cm³/mol. The second kappa shape index (κ2) is 7.56. The SMILES string of the molecule is CN(C)C(=O)[C@H](Cc1cccc2ccccc12)NC(=O)C(=O)NO. The smallest absolute Gasteiger partial charge is 0.332 e. The first-order chi connectivity index (χ1) is 11.4. The van der Waals surface area contributed by atoms with Crippen LogP contribution in [0.4, 0.5) is 0 Å². The van der Waals surface area contributed by atoms with Crippen LogP contribution in [0.1, 0.15) is 5.56 Å². The second-order valence-corrected chi connectivity index (χ2v) is 5.54. The molecule has 0 saturated heterocycles. The van der Waals surface area contributed by atoms with Gasteiger partial charge >= 0.3 is 11.8 Å². The van der Waals surface area contributed by atoms with Crippen LogP contribution >= 0.6 is 0 Å². The number of likely N-dealkylation sites (N-methyl/N-ethyl adjacent to an activating group) is 1. The Hall–Kier alpha value is -2.93. The Morgan fingerprint density at radius 1 is 1.04 bits per heavy atom. The van der Waals surface area contributed by atoms with Gasteiger partial charge in [0.15, 0.2) is 0 Å². The Morgan fingerprint density at radius 2 is 1.71 bits per heavy atom. The molecule has 0 saturated carbocycles. The topological polar surface area (TPSA) is 98.7 Å². The lowest BCUT2D eigenvalue weighted by molar-refractivity contribution is -0.146. The summed E-state index contributed by atoms with van der Waals surface area (Å²) in [6.07, 6.45) is 0.225. The highest BCUT2D eigenvalue weighted by molar-refractivity contribution is 6.35. The van der Waals surface area contributed by atoms with Crippen LogP contribution in [0, 0.1) is 0 Å². The van der Waals surface area contributed by atoms with E-state index in [9.17, 15) is 14.4 Å². The van der Waals surface area contributed by atoms with Crippen molar-refractivity contribution in [2.24, 2.45) is 0 Å². The van der Waals surface area contributed by atoms with Crippen molar-refractivity contribution in [1.82, 2.24) is 15.7 Å². The minimum Gasteiger partial charge on any atom is -0.347 e. The second-order valence-electron chi connectivity index (χ2n) is 5.54. The number of nitrogens with zero attached hydrogens (tertiary/aromatic N) is 1. The van der Waals surface area contributed by atoms with Crippen molar-refractivity contribution in [1.29, 1.82) is 0 Å². The van der Waals surface area contributed by atoms with Crippen LogP contribution in [0.3, 0.4) is 0 Å². The lowest BCUT2D eigenvalue weighted by atomic mass is 9.98. The first kappa shape index (κ1) is 17.4. The van der Waals surface area contributed by atoms with Gasteiger partial charge in [0.1, 0.15) is 6.04 Å². The molecule has 7 nitrogen and oxygen atoms in total. The fourth-order valence-electron chi connectivity index (χ4n) is 2.48. The van der Waals surface area contributed by atoms with Gasteiger partial charge in [-0.15, -0.1) is 0 Å². The molecular formula is C17H19N3O4. The van der Waals surface area contributed by atoms with E-state index in [1.54, 1.807) is 14.1 Å². The number of hydrogen-bond acceptors (Lipinski definition) is 4. The molecule has 1 atom stereocenters. The first-order valence-corrected chi connectivity index (χ1v) is 7.36.